The van der Waals surface area contributed by atoms with E-state index in [4.69, 9.17) is 9.47 Å². The van der Waals surface area contributed by atoms with Crippen LogP contribution >= 0.6 is 0 Å². The highest BCUT2D eigenvalue weighted by molar-refractivity contribution is 5.91. The second kappa shape index (κ2) is 7.55. The van der Waals surface area contributed by atoms with Crippen molar-refractivity contribution in [2.75, 3.05) is 18.5 Å². The average Bonchev–Trinajstić information content (AvgIpc) is 3.36. The maximum Gasteiger partial charge on any atom is 0.161 e. The van der Waals surface area contributed by atoms with Gasteiger partial charge in [-0.05, 0) is 48.6 Å². The van der Waals surface area contributed by atoms with Crippen LogP contribution in [0.4, 0.5) is 5.82 Å². The highest BCUT2D eigenvalue weighted by Gasteiger charge is 2.27. The minimum absolute atomic E-state index is 0.0549. The Morgan fingerprint density at radius 1 is 1.06 bits per heavy atom. The zero-order chi connectivity index (χ0) is 21.7. The Kier molecular flexibility index (Phi) is 4.52. The number of hydrogen-bond donors (Lipinski definition) is 2. The highest BCUT2D eigenvalue weighted by Crippen LogP contribution is 2.39. The van der Waals surface area contributed by atoms with Crippen LogP contribution in [0.3, 0.4) is 0 Å². The second-order valence-electron chi connectivity index (χ2n) is 8.83. The SMILES string of the molecule is CC(C)[C@@H](Nc1ncnc2[nH]c(-c3ccnn3C3CC3)cc12)c1ccc2c(c1)OCCO2. The van der Waals surface area contributed by atoms with Crippen LogP contribution < -0.4 is 14.8 Å². The molecule has 1 fully saturated rings. The molecule has 1 atom stereocenters. The fraction of sp³-hybridized carbons (Fsp3) is 0.375. The number of aromatic amines is 1. The second-order valence-corrected chi connectivity index (χ2v) is 8.83. The molecule has 6 rings (SSSR count). The van der Waals surface area contributed by atoms with Gasteiger partial charge in [-0.1, -0.05) is 19.9 Å². The first-order valence-electron chi connectivity index (χ1n) is 11.2. The zero-order valence-electron chi connectivity index (χ0n) is 18.2. The van der Waals surface area contributed by atoms with E-state index in [0.717, 1.165) is 45.3 Å². The van der Waals surface area contributed by atoms with Crippen LogP contribution in [-0.2, 0) is 0 Å². The Labute approximate surface area is 186 Å². The van der Waals surface area contributed by atoms with E-state index in [9.17, 15) is 0 Å². The van der Waals surface area contributed by atoms with Gasteiger partial charge in [0.05, 0.1) is 28.9 Å². The first-order valence-corrected chi connectivity index (χ1v) is 11.2. The Balaban J connectivity index is 1.35. The normalized spacial score (nSPS) is 16.5. The molecule has 1 saturated carbocycles. The molecule has 32 heavy (non-hydrogen) atoms. The van der Waals surface area contributed by atoms with Crippen molar-refractivity contribution in [1.29, 1.82) is 0 Å². The van der Waals surface area contributed by atoms with Crippen LogP contribution in [0, 0.1) is 5.92 Å². The molecule has 2 aliphatic rings. The molecule has 8 nitrogen and oxygen atoms in total. The summed E-state index contributed by atoms with van der Waals surface area (Å²) in [6, 6.07) is 10.9. The molecule has 0 bridgehead atoms. The van der Waals surface area contributed by atoms with Crippen LogP contribution in [0.25, 0.3) is 22.4 Å². The van der Waals surface area contributed by atoms with Crippen molar-refractivity contribution < 1.29 is 9.47 Å². The summed E-state index contributed by atoms with van der Waals surface area (Å²) in [6.45, 7) is 5.56. The van der Waals surface area contributed by atoms with E-state index in [1.807, 2.05) is 12.3 Å². The van der Waals surface area contributed by atoms with Crippen molar-refractivity contribution in [1.82, 2.24) is 24.7 Å². The summed E-state index contributed by atoms with van der Waals surface area (Å²) in [6.07, 6.45) is 5.84. The third-order valence-corrected chi connectivity index (χ3v) is 6.15. The molecule has 0 saturated heterocycles. The van der Waals surface area contributed by atoms with Crippen LogP contribution in [0.15, 0.2) is 42.9 Å². The van der Waals surface area contributed by atoms with Gasteiger partial charge in [0.25, 0.3) is 0 Å². The van der Waals surface area contributed by atoms with Gasteiger partial charge in [-0.2, -0.15) is 5.10 Å². The number of ether oxygens (including phenoxy) is 2. The molecular weight excluding hydrogens is 404 g/mol. The lowest BCUT2D eigenvalue weighted by Crippen LogP contribution is -2.19. The Hall–Kier alpha value is -3.55. The van der Waals surface area contributed by atoms with Gasteiger partial charge in [0.15, 0.2) is 11.5 Å². The summed E-state index contributed by atoms with van der Waals surface area (Å²) in [5.41, 5.74) is 4.04. The molecule has 2 N–H and O–H groups in total. The number of benzene rings is 1. The number of hydrogen-bond acceptors (Lipinski definition) is 6. The average molecular weight is 431 g/mol. The summed E-state index contributed by atoms with van der Waals surface area (Å²) in [5, 5.41) is 9.15. The van der Waals surface area contributed by atoms with E-state index in [2.05, 4.69) is 68.2 Å². The molecule has 0 spiro atoms. The van der Waals surface area contributed by atoms with E-state index in [-0.39, 0.29) is 6.04 Å². The van der Waals surface area contributed by atoms with Crippen LogP contribution in [0.1, 0.15) is 44.3 Å². The maximum atomic E-state index is 5.80. The number of anilines is 1. The molecule has 8 heteroatoms. The molecule has 1 aliphatic heterocycles. The Morgan fingerprint density at radius 3 is 2.72 bits per heavy atom. The van der Waals surface area contributed by atoms with E-state index in [1.165, 1.54) is 12.8 Å². The number of aromatic nitrogens is 5. The molecule has 0 amide bonds. The van der Waals surface area contributed by atoms with Crippen molar-refractivity contribution >= 4 is 16.9 Å². The highest BCUT2D eigenvalue weighted by atomic mass is 16.6. The minimum atomic E-state index is 0.0549. The van der Waals surface area contributed by atoms with E-state index < -0.39 is 0 Å². The maximum absolute atomic E-state index is 5.80. The number of fused-ring (bicyclic) bond motifs is 2. The van der Waals surface area contributed by atoms with Crippen molar-refractivity contribution in [3.8, 4) is 22.9 Å². The van der Waals surface area contributed by atoms with Crippen LogP contribution in [0.2, 0.25) is 0 Å². The van der Waals surface area contributed by atoms with Gasteiger partial charge in [-0.25, -0.2) is 9.97 Å². The van der Waals surface area contributed by atoms with Crippen LogP contribution in [-0.4, -0.2) is 37.9 Å². The molecular formula is C24H26N6O2. The standard InChI is InChI=1S/C24H26N6O2/c1-14(2)22(15-3-6-20-21(11-15)32-10-9-31-20)29-24-17-12-18(28-23(17)25-13-26-24)19-7-8-27-30(19)16-4-5-16/h3,6-8,11-14,16,22H,4-5,9-10H2,1-2H3,(H2,25,26,28,29)/t22-/m1/s1. The van der Waals surface area contributed by atoms with Gasteiger partial charge in [0.1, 0.15) is 31.0 Å². The van der Waals surface area contributed by atoms with Gasteiger partial charge < -0.3 is 19.8 Å². The first-order chi connectivity index (χ1) is 15.7. The molecule has 1 aromatic carbocycles. The van der Waals surface area contributed by atoms with Gasteiger partial charge in [-0.15, -0.1) is 0 Å². The minimum Gasteiger partial charge on any atom is -0.486 e. The third kappa shape index (κ3) is 3.36. The smallest absolute Gasteiger partial charge is 0.161 e. The summed E-state index contributed by atoms with van der Waals surface area (Å²) in [7, 11) is 0. The molecule has 0 radical (unpaired) electrons. The van der Waals surface area contributed by atoms with Crippen molar-refractivity contribution in [2.24, 2.45) is 5.92 Å². The lowest BCUT2D eigenvalue weighted by atomic mass is 9.95. The van der Waals surface area contributed by atoms with Gasteiger partial charge >= 0.3 is 0 Å². The summed E-state index contributed by atoms with van der Waals surface area (Å²) < 4.78 is 13.6. The van der Waals surface area contributed by atoms with E-state index in [0.29, 0.717) is 25.2 Å². The predicted octanol–water partition coefficient (Wildman–Crippen LogP) is 4.74. The molecule has 4 heterocycles. The molecule has 4 aromatic rings. The number of nitrogens with zero attached hydrogens (tertiary/aromatic N) is 4. The van der Waals surface area contributed by atoms with Crippen molar-refractivity contribution in [3.05, 3.63) is 48.4 Å². The Morgan fingerprint density at radius 2 is 1.91 bits per heavy atom. The summed E-state index contributed by atoms with van der Waals surface area (Å²) >= 11 is 0. The number of H-pyrrole nitrogens is 1. The zero-order valence-corrected chi connectivity index (χ0v) is 18.2. The summed E-state index contributed by atoms with van der Waals surface area (Å²) in [4.78, 5) is 12.5. The van der Waals surface area contributed by atoms with Gasteiger partial charge in [0, 0.05) is 6.20 Å². The predicted molar refractivity (Wildman–Crippen MR) is 122 cm³/mol. The lowest BCUT2D eigenvalue weighted by molar-refractivity contribution is 0.171. The number of rotatable bonds is 6. The van der Waals surface area contributed by atoms with E-state index >= 15 is 0 Å². The quantitative estimate of drug-likeness (QED) is 0.459. The first kappa shape index (κ1) is 19.2. The van der Waals surface area contributed by atoms with Crippen LogP contribution in [0.5, 0.6) is 11.5 Å². The molecule has 1 aliphatic carbocycles. The fourth-order valence-corrected chi connectivity index (χ4v) is 4.37. The molecule has 0 unspecified atom stereocenters. The largest absolute Gasteiger partial charge is 0.486 e. The monoisotopic (exact) mass is 430 g/mol. The van der Waals surface area contributed by atoms with Crippen molar-refractivity contribution in [2.45, 2.75) is 38.8 Å². The molecule has 3 aromatic heterocycles. The summed E-state index contributed by atoms with van der Waals surface area (Å²) in [5.74, 6) is 2.74. The lowest BCUT2D eigenvalue weighted by Gasteiger charge is -2.26. The number of nitrogens with one attached hydrogen (secondary N) is 2. The fourth-order valence-electron chi connectivity index (χ4n) is 4.37. The van der Waals surface area contributed by atoms with E-state index in [1.54, 1.807) is 6.33 Å². The Bertz CT molecular complexity index is 1270. The van der Waals surface area contributed by atoms with Crippen molar-refractivity contribution in [3.63, 3.8) is 0 Å². The molecule has 164 valence electrons. The van der Waals surface area contributed by atoms with Gasteiger partial charge in [0.2, 0.25) is 0 Å². The third-order valence-electron chi connectivity index (χ3n) is 6.15. The topological polar surface area (TPSA) is 89.9 Å². The van der Waals surface area contributed by atoms with Gasteiger partial charge in [-0.3, -0.25) is 4.68 Å².